The molecule has 2 aromatic carbocycles. The van der Waals surface area contributed by atoms with Crippen LogP contribution in [-0.4, -0.2) is 22.5 Å². The van der Waals surface area contributed by atoms with Crippen LogP contribution in [-0.2, 0) is 4.79 Å². The second-order valence-corrected chi connectivity index (χ2v) is 6.95. The Morgan fingerprint density at radius 3 is 2.41 bits per heavy atom. The van der Waals surface area contributed by atoms with E-state index in [1.807, 2.05) is 75.4 Å². The first-order valence-corrected chi connectivity index (χ1v) is 9.67. The summed E-state index contributed by atoms with van der Waals surface area (Å²) in [4.78, 5) is 21.0. The number of anilines is 3. The Morgan fingerprint density at radius 1 is 0.931 bits per heavy atom. The van der Waals surface area contributed by atoms with E-state index >= 15 is 0 Å². The number of amides is 1. The Bertz CT molecular complexity index is 968. The molecule has 0 saturated heterocycles. The van der Waals surface area contributed by atoms with Crippen molar-refractivity contribution in [2.75, 3.05) is 17.2 Å². The molecular formula is C23H26N4O2. The lowest BCUT2D eigenvalue weighted by atomic mass is 10.2. The molecule has 2 N–H and O–H groups in total. The molecule has 6 nitrogen and oxygen atoms in total. The molecule has 0 atom stereocenters. The highest BCUT2D eigenvalue weighted by atomic mass is 16.5. The van der Waals surface area contributed by atoms with Gasteiger partial charge >= 0.3 is 0 Å². The van der Waals surface area contributed by atoms with Crippen LogP contribution in [0.15, 0.2) is 54.6 Å². The van der Waals surface area contributed by atoms with Crippen molar-refractivity contribution in [3.8, 4) is 5.75 Å². The highest BCUT2D eigenvalue weighted by Gasteiger charge is 2.06. The molecule has 1 amide bonds. The molecule has 1 heterocycles. The summed E-state index contributed by atoms with van der Waals surface area (Å²) in [7, 11) is 0. The van der Waals surface area contributed by atoms with Gasteiger partial charge in [0.15, 0.2) is 0 Å². The van der Waals surface area contributed by atoms with Crippen molar-refractivity contribution < 1.29 is 9.53 Å². The van der Waals surface area contributed by atoms with E-state index in [0.29, 0.717) is 25.4 Å². The highest BCUT2D eigenvalue weighted by Crippen LogP contribution is 2.19. The zero-order valence-corrected chi connectivity index (χ0v) is 17.0. The van der Waals surface area contributed by atoms with E-state index in [-0.39, 0.29) is 5.91 Å². The third-order valence-electron chi connectivity index (χ3n) is 4.28. The Morgan fingerprint density at radius 2 is 1.66 bits per heavy atom. The number of hydrogen-bond acceptors (Lipinski definition) is 5. The largest absolute Gasteiger partial charge is 0.493 e. The fourth-order valence-corrected chi connectivity index (χ4v) is 2.94. The average molecular weight is 390 g/mol. The summed E-state index contributed by atoms with van der Waals surface area (Å²) in [6.07, 6.45) is 1.04. The molecule has 3 rings (SSSR count). The van der Waals surface area contributed by atoms with Gasteiger partial charge in [0, 0.05) is 29.2 Å². The minimum atomic E-state index is -0.0433. The summed E-state index contributed by atoms with van der Waals surface area (Å²) >= 11 is 0. The van der Waals surface area contributed by atoms with Gasteiger partial charge in [0.1, 0.15) is 5.75 Å². The third-order valence-corrected chi connectivity index (χ3v) is 4.28. The first-order chi connectivity index (χ1) is 14.0. The van der Waals surface area contributed by atoms with Crippen LogP contribution in [0, 0.1) is 20.8 Å². The molecule has 6 heteroatoms. The van der Waals surface area contributed by atoms with Crippen LogP contribution in [0.1, 0.15) is 29.8 Å². The van der Waals surface area contributed by atoms with Crippen LogP contribution in [0.4, 0.5) is 17.3 Å². The van der Waals surface area contributed by atoms with Crippen molar-refractivity contribution >= 4 is 23.2 Å². The third kappa shape index (κ3) is 6.31. The van der Waals surface area contributed by atoms with E-state index in [1.54, 1.807) is 0 Å². The van der Waals surface area contributed by atoms with E-state index < -0.39 is 0 Å². The number of benzene rings is 2. The number of para-hydroxylation sites is 1. The predicted octanol–water partition coefficient (Wildman–Crippen LogP) is 4.94. The van der Waals surface area contributed by atoms with Crippen LogP contribution < -0.4 is 15.4 Å². The standard InChI is InChI=1S/C23H26N4O2/c1-16-8-4-5-11-21(16)29-13-7-12-22(28)26-19-9-6-10-20(15-19)27-23-24-17(2)14-18(3)25-23/h4-6,8-11,14-15H,7,12-13H2,1-3H3,(H,26,28)(H,24,25,27). The first kappa shape index (κ1) is 20.3. The number of carbonyl (C=O) groups is 1. The number of nitrogens with zero attached hydrogens (tertiary/aromatic N) is 2. The SMILES string of the molecule is Cc1cc(C)nc(Nc2cccc(NC(=O)CCCOc3ccccc3C)c2)n1. The number of hydrogen-bond donors (Lipinski definition) is 2. The molecule has 0 bridgehead atoms. The zero-order valence-electron chi connectivity index (χ0n) is 17.0. The van der Waals surface area contributed by atoms with Crippen LogP contribution >= 0.6 is 0 Å². The molecule has 0 aliphatic rings. The predicted molar refractivity (Wildman–Crippen MR) is 116 cm³/mol. The zero-order chi connectivity index (χ0) is 20.6. The van der Waals surface area contributed by atoms with Gasteiger partial charge in [-0.3, -0.25) is 4.79 Å². The van der Waals surface area contributed by atoms with Gasteiger partial charge in [-0.1, -0.05) is 24.3 Å². The smallest absolute Gasteiger partial charge is 0.227 e. The van der Waals surface area contributed by atoms with E-state index in [1.165, 1.54) is 0 Å². The van der Waals surface area contributed by atoms with E-state index in [2.05, 4.69) is 20.6 Å². The summed E-state index contributed by atoms with van der Waals surface area (Å²) in [5.74, 6) is 1.36. The monoisotopic (exact) mass is 390 g/mol. The number of nitrogens with one attached hydrogen (secondary N) is 2. The summed E-state index contributed by atoms with van der Waals surface area (Å²) in [5.41, 5.74) is 4.43. The Hall–Kier alpha value is -3.41. The van der Waals surface area contributed by atoms with Gasteiger partial charge in [0.05, 0.1) is 6.61 Å². The molecule has 0 radical (unpaired) electrons. The van der Waals surface area contributed by atoms with Crippen molar-refractivity contribution in [3.63, 3.8) is 0 Å². The molecule has 1 aromatic heterocycles. The van der Waals surface area contributed by atoms with E-state index in [9.17, 15) is 4.79 Å². The van der Waals surface area contributed by atoms with Crippen LogP contribution in [0.5, 0.6) is 5.75 Å². The topological polar surface area (TPSA) is 76.1 Å². The fourth-order valence-electron chi connectivity index (χ4n) is 2.94. The Balaban J connectivity index is 1.49. The van der Waals surface area contributed by atoms with Crippen LogP contribution in [0.3, 0.4) is 0 Å². The van der Waals surface area contributed by atoms with Crippen LogP contribution in [0.2, 0.25) is 0 Å². The lowest BCUT2D eigenvalue weighted by Gasteiger charge is -2.10. The van der Waals surface area contributed by atoms with Gasteiger partial charge in [-0.05, 0) is 63.1 Å². The summed E-state index contributed by atoms with van der Waals surface area (Å²) in [5, 5.41) is 6.11. The quantitative estimate of drug-likeness (QED) is 0.533. The molecule has 0 saturated carbocycles. The molecular weight excluding hydrogens is 364 g/mol. The average Bonchev–Trinajstić information content (AvgIpc) is 2.66. The maximum Gasteiger partial charge on any atom is 0.227 e. The lowest BCUT2D eigenvalue weighted by Crippen LogP contribution is -2.13. The molecule has 0 aliphatic carbocycles. The maximum absolute atomic E-state index is 12.2. The second-order valence-electron chi connectivity index (χ2n) is 6.95. The van der Waals surface area contributed by atoms with Gasteiger partial charge < -0.3 is 15.4 Å². The Kier molecular flexibility index (Phi) is 6.79. The van der Waals surface area contributed by atoms with E-state index in [0.717, 1.165) is 34.1 Å². The number of rotatable bonds is 8. The van der Waals surface area contributed by atoms with Crippen LogP contribution in [0.25, 0.3) is 0 Å². The van der Waals surface area contributed by atoms with Crippen molar-refractivity contribution in [1.29, 1.82) is 0 Å². The van der Waals surface area contributed by atoms with Crippen molar-refractivity contribution in [1.82, 2.24) is 9.97 Å². The lowest BCUT2D eigenvalue weighted by molar-refractivity contribution is -0.116. The number of aromatic nitrogens is 2. The second kappa shape index (κ2) is 9.68. The van der Waals surface area contributed by atoms with Gasteiger partial charge in [-0.25, -0.2) is 9.97 Å². The fraction of sp³-hybridized carbons (Fsp3) is 0.261. The molecule has 29 heavy (non-hydrogen) atoms. The van der Waals surface area contributed by atoms with Gasteiger partial charge in [-0.2, -0.15) is 0 Å². The number of carbonyl (C=O) groups excluding carboxylic acids is 1. The molecule has 0 spiro atoms. The minimum absolute atomic E-state index is 0.0433. The van der Waals surface area contributed by atoms with Crippen molar-refractivity contribution in [2.45, 2.75) is 33.6 Å². The van der Waals surface area contributed by atoms with E-state index in [4.69, 9.17) is 4.74 Å². The summed E-state index contributed by atoms with van der Waals surface area (Å²) < 4.78 is 5.74. The molecule has 0 aliphatic heterocycles. The number of ether oxygens (including phenoxy) is 1. The summed E-state index contributed by atoms with van der Waals surface area (Å²) in [6, 6.07) is 17.3. The minimum Gasteiger partial charge on any atom is -0.493 e. The molecule has 0 fully saturated rings. The van der Waals surface area contributed by atoms with Gasteiger partial charge in [0.25, 0.3) is 0 Å². The highest BCUT2D eigenvalue weighted by molar-refractivity contribution is 5.91. The van der Waals surface area contributed by atoms with Crippen molar-refractivity contribution in [2.24, 2.45) is 0 Å². The maximum atomic E-state index is 12.2. The Labute approximate surface area is 171 Å². The summed E-state index contributed by atoms with van der Waals surface area (Å²) in [6.45, 7) is 6.37. The first-order valence-electron chi connectivity index (χ1n) is 9.67. The van der Waals surface area contributed by atoms with Gasteiger partial charge in [0.2, 0.25) is 11.9 Å². The molecule has 0 unspecified atom stereocenters. The normalized spacial score (nSPS) is 10.4. The van der Waals surface area contributed by atoms with Gasteiger partial charge in [-0.15, -0.1) is 0 Å². The molecule has 150 valence electrons. The van der Waals surface area contributed by atoms with Crippen molar-refractivity contribution in [3.05, 3.63) is 71.5 Å². The number of aryl methyl sites for hydroxylation is 3. The molecule has 3 aromatic rings.